The second-order valence-corrected chi connectivity index (χ2v) is 9.55. The van der Waals surface area contributed by atoms with Gasteiger partial charge in [0, 0.05) is 17.5 Å². The molecule has 1 saturated heterocycles. The highest BCUT2D eigenvalue weighted by Gasteiger charge is 2.35. The Labute approximate surface area is 200 Å². The molecule has 4 rings (SSSR count). The van der Waals surface area contributed by atoms with E-state index in [4.69, 9.17) is 16.0 Å². The maximum Gasteiger partial charge on any atom is 0.282 e. The van der Waals surface area contributed by atoms with Crippen LogP contribution in [0.3, 0.4) is 0 Å². The standard InChI is InChI=1S/C23H18ClN3O6S/c1-13-3-6-16(11-20(13)24)27-23(30)19(22(29)25-27)12-17-7-10-21(33-17)15-4-8-18(9-5-15)34(31,32)26-14(2)28/h3-12H,1-2H3,(H,25,29)(H,26,28). The Morgan fingerprint density at radius 3 is 2.44 bits per heavy atom. The molecule has 0 spiro atoms. The Morgan fingerprint density at radius 2 is 1.79 bits per heavy atom. The summed E-state index contributed by atoms with van der Waals surface area (Å²) in [7, 11) is -3.95. The van der Waals surface area contributed by atoms with Gasteiger partial charge in [-0.15, -0.1) is 0 Å². The van der Waals surface area contributed by atoms with E-state index in [-0.39, 0.29) is 16.2 Å². The summed E-state index contributed by atoms with van der Waals surface area (Å²) in [6.07, 6.45) is 1.33. The summed E-state index contributed by atoms with van der Waals surface area (Å²) >= 11 is 6.13. The van der Waals surface area contributed by atoms with Crippen LogP contribution >= 0.6 is 11.6 Å². The first-order valence-corrected chi connectivity index (χ1v) is 11.8. The fourth-order valence-corrected chi connectivity index (χ4v) is 4.40. The highest BCUT2D eigenvalue weighted by molar-refractivity contribution is 7.90. The van der Waals surface area contributed by atoms with E-state index in [0.717, 1.165) is 17.5 Å². The van der Waals surface area contributed by atoms with Crippen LogP contribution < -0.4 is 15.2 Å². The van der Waals surface area contributed by atoms with Crippen LogP contribution in [0.4, 0.5) is 5.69 Å². The van der Waals surface area contributed by atoms with Gasteiger partial charge in [-0.1, -0.05) is 17.7 Å². The lowest BCUT2D eigenvalue weighted by molar-refractivity contribution is -0.118. The van der Waals surface area contributed by atoms with Crippen molar-refractivity contribution >= 4 is 51.1 Å². The maximum atomic E-state index is 12.8. The topological polar surface area (TPSA) is 126 Å². The number of hydrogen-bond acceptors (Lipinski definition) is 6. The number of nitrogens with zero attached hydrogens (tertiary/aromatic N) is 1. The number of hydrogen-bond donors (Lipinski definition) is 2. The molecule has 174 valence electrons. The molecule has 0 aliphatic carbocycles. The van der Waals surface area contributed by atoms with E-state index >= 15 is 0 Å². The number of benzene rings is 2. The van der Waals surface area contributed by atoms with Gasteiger partial charge in [-0.05, 0) is 67.1 Å². The summed E-state index contributed by atoms with van der Waals surface area (Å²) in [6, 6.07) is 13.9. The summed E-state index contributed by atoms with van der Waals surface area (Å²) in [4.78, 5) is 36.2. The molecule has 1 aromatic heterocycles. The van der Waals surface area contributed by atoms with Crippen molar-refractivity contribution in [2.24, 2.45) is 0 Å². The zero-order valence-electron chi connectivity index (χ0n) is 18.0. The molecule has 0 radical (unpaired) electrons. The number of carbonyl (C=O) groups is 3. The third kappa shape index (κ3) is 4.59. The third-order valence-electron chi connectivity index (χ3n) is 4.95. The fourth-order valence-electron chi connectivity index (χ4n) is 3.23. The van der Waals surface area contributed by atoms with Crippen molar-refractivity contribution in [2.45, 2.75) is 18.7 Å². The number of aryl methyl sites for hydroxylation is 1. The van der Waals surface area contributed by atoms with Gasteiger partial charge >= 0.3 is 0 Å². The van der Waals surface area contributed by atoms with Crippen LogP contribution in [0.1, 0.15) is 18.2 Å². The lowest BCUT2D eigenvalue weighted by Gasteiger charge is -2.15. The van der Waals surface area contributed by atoms with E-state index in [1.54, 1.807) is 30.3 Å². The molecule has 1 aliphatic heterocycles. The van der Waals surface area contributed by atoms with Crippen LogP contribution in [0.2, 0.25) is 5.02 Å². The summed E-state index contributed by atoms with van der Waals surface area (Å²) < 4.78 is 31.8. The zero-order chi connectivity index (χ0) is 24.6. The van der Waals surface area contributed by atoms with Crippen molar-refractivity contribution in [3.8, 4) is 11.3 Å². The Balaban J connectivity index is 1.56. The largest absolute Gasteiger partial charge is 0.457 e. The highest BCUT2D eigenvalue weighted by atomic mass is 35.5. The van der Waals surface area contributed by atoms with Crippen molar-refractivity contribution in [1.29, 1.82) is 0 Å². The molecule has 0 unspecified atom stereocenters. The first-order valence-electron chi connectivity index (χ1n) is 9.92. The van der Waals surface area contributed by atoms with Crippen molar-refractivity contribution in [2.75, 3.05) is 5.01 Å². The Bertz CT molecular complexity index is 1460. The van der Waals surface area contributed by atoms with E-state index in [9.17, 15) is 22.8 Å². The van der Waals surface area contributed by atoms with Crippen molar-refractivity contribution < 1.29 is 27.2 Å². The molecule has 2 aromatic carbocycles. The first-order chi connectivity index (χ1) is 16.0. The first kappa shape index (κ1) is 23.3. The minimum Gasteiger partial charge on any atom is -0.457 e. The van der Waals surface area contributed by atoms with E-state index in [1.165, 1.54) is 30.3 Å². The van der Waals surface area contributed by atoms with Gasteiger partial charge in [-0.2, -0.15) is 0 Å². The number of halogens is 1. The number of carbonyl (C=O) groups excluding carboxylic acids is 3. The Morgan fingerprint density at radius 1 is 1.09 bits per heavy atom. The molecule has 2 N–H and O–H groups in total. The zero-order valence-corrected chi connectivity index (χ0v) is 19.5. The number of nitrogens with one attached hydrogen (secondary N) is 2. The summed E-state index contributed by atoms with van der Waals surface area (Å²) in [5.41, 5.74) is 4.20. The van der Waals surface area contributed by atoms with Crippen molar-refractivity contribution in [3.05, 3.63) is 76.5 Å². The molecule has 1 fully saturated rings. The monoisotopic (exact) mass is 499 g/mol. The van der Waals surface area contributed by atoms with Crippen LogP contribution in [-0.2, 0) is 24.4 Å². The lowest BCUT2D eigenvalue weighted by Crippen LogP contribution is -2.35. The van der Waals surface area contributed by atoms with Crippen LogP contribution in [-0.4, -0.2) is 26.1 Å². The van der Waals surface area contributed by atoms with Gasteiger partial charge in [0.05, 0.1) is 10.6 Å². The molecule has 34 heavy (non-hydrogen) atoms. The fraction of sp³-hybridized carbons (Fsp3) is 0.0870. The summed E-state index contributed by atoms with van der Waals surface area (Å²) in [5, 5.41) is 1.57. The molecule has 0 atom stereocenters. The van der Waals surface area contributed by atoms with Crippen LogP contribution in [0.15, 0.2) is 69.5 Å². The number of hydrazine groups is 1. The normalized spacial score (nSPS) is 15.0. The SMILES string of the molecule is CC(=O)NS(=O)(=O)c1ccc(-c2ccc(C=C3C(=O)NN(c4ccc(C)c(Cl)c4)C3=O)o2)cc1. The summed E-state index contributed by atoms with van der Waals surface area (Å²) in [5.74, 6) is -1.19. The van der Waals surface area contributed by atoms with Crippen LogP contribution in [0, 0.1) is 6.92 Å². The number of amides is 3. The maximum absolute atomic E-state index is 12.8. The second-order valence-electron chi connectivity index (χ2n) is 7.46. The highest BCUT2D eigenvalue weighted by Crippen LogP contribution is 2.28. The predicted octanol–water partition coefficient (Wildman–Crippen LogP) is 3.19. The van der Waals surface area contributed by atoms with E-state index in [2.05, 4.69) is 5.43 Å². The minimum atomic E-state index is -3.95. The second kappa shape index (κ2) is 8.81. The van der Waals surface area contributed by atoms with Crippen molar-refractivity contribution in [1.82, 2.24) is 10.1 Å². The Hall–Kier alpha value is -3.89. The number of anilines is 1. The number of furan rings is 1. The van der Waals surface area contributed by atoms with Crippen molar-refractivity contribution in [3.63, 3.8) is 0 Å². The summed E-state index contributed by atoms with van der Waals surface area (Å²) in [6.45, 7) is 2.93. The number of rotatable bonds is 5. The molecular weight excluding hydrogens is 482 g/mol. The molecule has 9 nitrogen and oxygen atoms in total. The van der Waals surface area contributed by atoms with E-state index in [0.29, 0.717) is 22.0 Å². The van der Waals surface area contributed by atoms with Gasteiger partial charge in [0.15, 0.2) is 0 Å². The van der Waals surface area contributed by atoms with Gasteiger partial charge in [0.1, 0.15) is 17.1 Å². The van der Waals surface area contributed by atoms with E-state index in [1.807, 2.05) is 11.6 Å². The van der Waals surface area contributed by atoms with Gasteiger partial charge in [-0.3, -0.25) is 19.8 Å². The predicted molar refractivity (Wildman–Crippen MR) is 125 cm³/mol. The minimum absolute atomic E-state index is 0.0788. The molecule has 3 aromatic rings. The number of sulfonamides is 1. The molecule has 0 bridgehead atoms. The van der Waals surface area contributed by atoms with Gasteiger partial charge in [-0.25, -0.2) is 18.1 Å². The average Bonchev–Trinajstić information content (AvgIpc) is 3.35. The smallest absolute Gasteiger partial charge is 0.282 e. The molecule has 11 heteroatoms. The van der Waals surface area contributed by atoms with Gasteiger partial charge in [0.2, 0.25) is 5.91 Å². The van der Waals surface area contributed by atoms with E-state index < -0.39 is 27.7 Å². The molecule has 1 aliphatic rings. The van der Waals surface area contributed by atoms with Gasteiger partial charge in [0.25, 0.3) is 21.8 Å². The molecular formula is C23H18ClN3O6S. The quantitative estimate of drug-likeness (QED) is 0.410. The third-order valence-corrected chi connectivity index (χ3v) is 6.80. The molecule has 0 saturated carbocycles. The van der Waals surface area contributed by atoms with Gasteiger partial charge < -0.3 is 4.42 Å². The lowest BCUT2D eigenvalue weighted by atomic mass is 10.2. The molecule has 3 amide bonds. The van der Waals surface area contributed by atoms with Crippen LogP contribution in [0.5, 0.6) is 0 Å². The average molecular weight is 500 g/mol. The Kier molecular flexibility index (Phi) is 6.03. The molecule has 2 heterocycles. The van der Waals surface area contributed by atoms with Crippen LogP contribution in [0.25, 0.3) is 17.4 Å².